The quantitative estimate of drug-likeness (QED) is 0.565. The molecule has 7 heteroatoms. The van der Waals surface area contributed by atoms with Crippen LogP contribution in [-0.2, 0) is 4.79 Å². The number of anilines is 1. The Kier molecular flexibility index (Phi) is 4.29. The van der Waals surface area contributed by atoms with E-state index in [0.717, 1.165) is 16.5 Å². The highest BCUT2D eigenvalue weighted by molar-refractivity contribution is 9.10. The first kappa shape index (κ1) is 17.8. The molecule has 2 aliphatic rings. The molecule has 26 heavy (non-hydrogen) atoms. The molecule has 4 nitrogen and oxygen atoms in total. The SMILES string of the molecule is C[C@@]12C(=O)N(c3cc(Cl)cc(Cl)c3)C(=O)N1CC[C@@H]2c1ccc(Br)cc1. The second-order valence-electron chi connectivity index (χ2n) is 6.74. The Bertz CT molecular complexity index is 898. The Labute approximate surface area is 169 Å². The molecule has 2 saturated heterocycles. The summed E-state index contributed by atoms with van der Waals surface area (Å²) in [7, 11) is 0. The number of carbonyl (C=O) groups excluding carboxylic acids is 2. The maximum absolute atomic E-state index is 13.4. The van der Waals surface area contributed by atoms with Gasteiger partial charge in [0.25, 0.3) is 5.91 Å². The average molecular weight is 454 g/mol. The number of hydrogen-bond acceptors (Lipinski definition) is 2. The van der Waals surface area contributed by atoms with Crippen molar-refractivity contribution in [3.8, 4) is 0 Å². The maximum Gasteiger partial charge on any atom is 0.332 e. The lowest BCUT2D eigenvalue weighted by Gasteiger charge is -2.30. The number of urea groups is 1. The number of benzene rings is 2. The molecule has 0 radical (unpaired) electrons. The molecule has 0 spiro atoms. The van der Waals surface area contributed by atoms with Crippen LogP contribution >= 0.6 is 39.1 Å². The smallest absolute Gasteiger partial charge is 0.309 e. The third-order valence-electron chi connectivity index (χ3n) is 5.32. The first-order valence-corrected chi connectivity index (χ1v) is 9.75. The van der Waals surface area contributed by atoms with Gasteiger partial charge in [0.1, 0.15) is 5.54 Å². The molecule has 2 fully saturated rings. The summed E-state index contributed by atoms with van der Waals surface area (Å²) in [6, 6.07) is 12.3. The predicted octanol–water partition coefficient (Wildman–Crippen LogP) is 5.47. The zero-order valence-corrected chi connectivity index (χ0v) is 17.0. The Morgan fingerprint density at radius 1 is 1.08 bits per heavy atom. The first-order valence-electron chi connectivity index (χ1n) is 8.20. The van der Waals surface area contributed by atoms with Crippen molar-refractivity contribution in [3.63, 3.8) is 0 Å². The van der Waals surface area contributed by atoms with Crippen LogP contribution in [0, 0.1) is 0 Å². The van der Waals surface area contributed by atoms with E-state index in [1.54, 1.807) is 23.1 Å². The molecule has 2 atom stereocenters. The fourth-order valence-corrected chi connectivity index (χ4v) is 4.81. The van der Waals surface area contributed by atoms with Crippen molar-refractivity contribution in [2.45, 2.75) is 24.8 Å². The summed E-state index contributed by atoms with van der Waals surface area (Å²) in [4.78, 5) is 29.2. The first-order chi connectivity index (χ1) is 12.3. The van der Waals surface area contributed by atoms with Crippen LogP contribution in [0.25, 0.3) is 0 Å². The van der Waals surface area contributed by atoms with Crippen molar-refractivity contribution in [1.29, 1.82) is 0 Å². The van der Waals surface area contributed by atoms with Crippen molar-refractivity contribution in [1.82, 2.24) is 4.90 Å². The number of hydrogen-bond donors (Lipinski definition) is 0. The molecule has 0 N–H and O–H groups in total. The van der Waals surface area contributed by atoms with E-state index >= 15 is 0 Å². The summed E-state index contributed by atoms with van der Waals surface area (Å²) >= 11 is 15.6. The summed E-state index contributed by atoms with van der Waals surface area (Å²) in [6.45, 7) is 2.38. The van der Waals surface area contributed by atoms with E-state index in [4.69, 9.17) is 23.2 Å². The topological polar surface area (TPSA) is 40.6 Å². The second kappa shape index (κ2) is 6.25. The molecule has 4 rings (SSSR count). The largest absolute Gasteiger partial charge is 0.332 e. The standard InChI is InChI=1S/C19H15BrCl2N2O2/c1-19-16(11-2-4-12(20)5-3-11)6-7-23(19)18(26)24(17(19)25)15-9-13(21)8-14(22)10-15/h2-5,8-10,16H,6-7H2,1H3/t16-,19-/m1/s1. The summed E-state index contributed by atoms with van der Waals surface area (Å²) in [5.41, 5.74) is 0.535. The van der Waals surface area contributed by atoms with E-state index < -0.39 is 5.54 Å². The Morgan fingerprint density at radius 3 is 2.31 bits per heavy atom. The van der Waals surface area contributed by atoms with Crippen LogP contribution in [0.2, 0.25) is 10.0 Å². The van der Waals surface area contributed by atoms with E-state index in [-0.39, 0.29) is 17.9 Å². The number of amides is 3. The van der Waals surface area contributed by atoms with Crippen molar-refractivity contribution in [2.75, 3.05) is 11.4 Å². The van der Waals surface area contributed by atoms with Gasteiger partial charge < -0.3 is 4.90 Å². The molecule has 0 bridgehead atoms. The van der Waals surface area contributed by atoms with Gasteiger partial charge >= 0.3 is 6.03 Å². The Balaban J connectivity index is 1.77. The van der Waals surface area contributed by atoms with Crippen LogP contribution in [0.5, 0.6) is 0 Å². The van der Waals surface area contributed by atoms with Crippen molar-refractivity contribution in [3.05, 3.63) is 62.5 Å². The average Bonchev–Trinajstić information content (AvgIpc) is 3.01. The molecule has 2 aromatic rings. The lowest BCUT2D eigenvalue weighted by atomic mass is 9.81. The number of halogens is 3. The predicted molar refractivity (Wildman–Crippen MR) is 106 cm³/mol. The van der Waals surface area contributed by atoms with Crippen molar-refractivity contribution < 1.29 is 9.59 Å². The number of carbonyl (C=O) groups is 2. The van der Waals surface area contributed by atoms with Gasteiger partial charge in [-0.25, -0.2) is 9.69 Å². The van der Waals surface area contributed by atoms with Gasteiger partial charge in [0.05, 0.1) is 5.69 Å². The molecule has 0 unspecified atom stereocenters. The van der Waals surface area contributed by atoms with Crippen LogP contribution < -0.4 is 4.90 Å². The number of rotatable bonds is 2. The lowest BCUT2D eigenvalue weighted by molar-refractivity contribution is -0.123. The van der Waals surface area contributed by atoms with E-state index in [1.165, 1.54) is 4.90 Å². The van der Waals surface area contributed by atoms with E-state index in [1.807, 2.05) is 31.2 Å². The maximum atomic E-state index is 13.4. The molecule has 0 saturated carbocycles. The minimum absolute atomic E-state index is 0.0632. The van der Waals surface area contributed by atoms with Gasteiger partial charge in [-0.3, -0.25) is 4.79 Å². The highest BCUT2D eigenvalue weighted by Gasteiger charge is 2.62. The third kappa shape index (κ3) is 2.56. The Hall–Kier alpha value is -1.56. The fraction of sp³-hybridized carbons (Fsp3) is 0.263. The Morgan fingerprint density at radius 2 is 1.69 bits per heavy atom. The summed E-state index contributed by atoms with van der Waals surface area (Å²) < 4.78 is 0.977. The van der Waals surface area contributed by atoms with Crippen LogP contribution in [0.4, 0.5) is 10.5 Å². The van der Waals surface area contributed by atoms with Gasteiger partial charge in [0.2, 0.25) is 0 Å². The molecule has 3 amide bonds. The van der Waals surface area contributed by atoms with Crippen LogP contribution in [0.15, 0.2) is 46.9 Å². The van der Waals surface area contributed by atoms with Crippen molar-refractivity contribution >= 4 is 56.8 Å². The van der Waals surface area contributed by atoms with Crippen molar-refractivity contribution in [2.24, 2.45) is 0 Å². The minimum atomic E-state index is -0.917. The number of imide groups is 1. The molecule has 134 valence electrons. The minimum Gasteiger partial charge on any atom is -0.309 e. The monoisotopic (exact) mass is 452 g/mol. The van der Waals surface area contributed by atoms with Gasteiger partial charge in [0, 0.05) is 27.0 Å². The van der Waals surface area contributed by atoms with Crippen LogP contribution in [0.3, 0.4) is 0 Å². The van der Waals surface area contributed by atoms with E-state index in [0.29, 0.717) is 22.3 Å². The van der Waals surface area contributed by atoms with Gasteiger partial charge in [-0.05, 0) is 49.2 Å². The van der Waals surface area contributed by atoms with Gasteiger partial charge in [0.15, 0.2) is 0 Å². The molecular weight excluding hydrogens is 439 g/mol. The normalized spacial score (nSPS) is 25.2. The zero-order valence-electron chi connectivity index (χ0n) is 13.9. The van der Waals surface area contributed by atoms with Gasteiger partial charge in [-0.1, -0.05) is 51.3 Å². The highest BCUT2D eigenvalue weighted by atomic mass is 79.9. The summed E-state index contributed by atoms with van der Waals surface area (Å²) in [6.07, 6.45) is 0.750. The zero-order chi connectivity index (χ0) is 18.6. The molecule has 0 aromatic heterocycles. The fourth-order valence-electron chi connectivity index (χ4n) is 4.03. The number of nitrogens with zero attached hydrogens (tertiary/aromatic N) is 2. The molecule has 2 aromatic carbocycles. The van der Waals surface area contributed by atoms with E-state index in [2.05, 4.69) is 15.9 Å². The second-order valence-corrected chi connectivity index (χ2v) is 8.53. The van der Waals surface area contributed by atoms with Gasteiger partial charge in [-0.2, -0.15) is 0 Å². The third-order valence-corrected chi connectivity index (χ3v) is 6.28. The van der Waals surface area contributed by atoms with Crippen LogP contribution in [-0.4, -0.2) is 28.9 Å². The molecule has 0 aliphatic carbocycles. The molecule has 2 heterocycles. The lowest BCUT2D eigenvalue weighted by Crippen LogP contribution is -2.46. The van der Waals surface area contributed by atoms with Gasteiger partial charge in [-0.15, -0.1) is 0 Å². The summed E-state index contributed by atoms with van der Waals surface area (Å²) in [5, 5.41) is 0.768. The van der Waals surface area contributed by atoms with Crippen LogP contribution in [0.1, 0.15) is 24.8 Å². The molecule has 2 aliphatic heterocycles. The van der Waals surface area contributed by atoms with E-state index in [9.17, 15) is 9.59 Å². The summed E-state index contributed by atoms with van der Waals surface area (Å²) in [5.74, 6) is -0.307. The highest BCUT2D eigenvalue weighted by Crippen LogP contribution is 2.48. The molecular formula is C19H15BrCl2N2O2. The number of fused-ring (bicyclic) bond motifs is 1.